The summed E-state index contributed by atoms with van der Waals surface area (Å²) in [4.78, 5) is 0. The lowest BCUT2D eigenvalue weighted by Gasteiger charge is -2.04. The molecule has 0 amide bonds. The van der Waals surface area contributed by atoms with Gasteiger partial charge in [0, 0.05) is 0 Å². The molecule has 0 saturated carbocycles. The largest absolute Gasteiger partial charge is 0.372 e. The molecule has 0 fully saturated rings. The maximum Gasteiger partial charge on any atom is 0.164 e. The van der Waals surface area contributed by atoms with Gasteiger partial charge in [0.2, 0.25) is 0 Å². The van der Waals surface area contributed by atoms with Gasteiger partial charge < -0.3 is 10.6 Å². The highest BCUT2D eigenvalue weighted by atomic mass is 32.1. The van der Waals surface area contributed by atoms with E-state index in [1.807, 2.05) is 0 Å². The smallest absolute Gasteiger partial charge is 0.164 e. The molecule has 0 aromatic carbocycles. The molecule has 0 atom stereocenters. The third-order valence-corrected chi connectivity index (χ3v) is 0.814. The van der Waals surface area contributed by atoms with Crippen molar-refractivity contribution in [3.63, 3.8) is 0 Å². The molecular weight excluding hydrogens is 118 g/mol. The Labute approximate surface area is 57.2 Å². The molecule has 0 aliphatic carbocycles. The summed E-state index contributed by atoms with van der Waals surface area (Å²) in [6, 6.07) is 0. The fraction of sp³-hybridized carbons (Fsp3) is 0.667. The molecule has 0 aromatic heterocycles. The van der Waals surface area contributed by atoms with E-state index >= 15 is 0 Å². The lowest BCUT2D eigenvalue weighted by Crippen LogP contribution is -2.36. The molecule has 2 nitrogen and oxygen atoms in total. The topological polar surface area (TPSA) is 24.1 Å². The number of rotatable bonds is 2. The van der Waals surface area contributed by atoms with Crippen LogP contribution in [0.4, 0.5) is 0 Å². The van der Waals surface area contributed by atoms with Crippen LogP contribution in [0.3, 0.4) is 0 Å². The molecular formula is C3H6B2N2S. The molecule has 4 radical (unpaired) electrons. The van der Waals surface area contributed by atoms with Crippen molar-refractivity contribution in [2.24, 2.45) is 0 Å². The number of thiocarbonyl (C=S) groups is 1. The second-order valence-electron chi connectivity index (χ2n) is 1.09. The summed E-state index contributed by atoms with van der Waals surface area (Å²) < 4.78 is 0. The van der Waals surface area contributed by atoms with E-state index in [9.17, 15) is 0 Å². The van der Waals surface area contributed by atoms with Gasteiger partial charge in [-0.25, -0.2) is 0 Å². The highest BCUT2D eigenvalue weighted by molar-refractivity contribution is 7.80. The molecule has 0 spiro atoms. The highest BCUT2D eigenvalue weighted by Crippen LogP contribution is 1.59. The number of hydrogen-bond acceptors (Lipinski definition) is 1. The molecule has 0 rings (SSSR count). The minimum atomic E-state index is 0.339. The zero-order chi connectivity index (χ0) is 6.41. The van der Waals surface area contributed by atoms with Gasteiger partial charge in [0.05, 0.1) is 15.7 Å². The molecule has 40 valence electrons. The summed E-state index contributed by atoms with van der Waals surface area (Å²) in [5.74, 6) is 0. The van der Waals surface area contributed by atoms with E-state index in [0.29, 0.717) is 18.0 Å². The van der Waals surface area contributed by atoms with Crippen molar-refractivity contribution in [1.82, 2.24) is 10.6 Å². The summed E-state index contributed by atoms with van der Waals surface area (Å²) in [5.41, 5.74) is 0. The molecule has 0 aliphatic rings. The van der Waals surface area contributed by atoms with Gasteiger partial charge in [0.1, 0.15) is 0 Å². The lowest BCUT2D eigenvalue weighted by atomic mass is 10.1. The minimum absolute atomic E-state index is 0.339. The van der Waals surface area contributed by atoms with Crippen LogP contribution < -0.4 is 10.6 Å². The van der Waals surface area contributed by atoms with Crippen molar-refractivity contribution in [3.05, 3.63) is 0 Å². The number of hydrogen-bond donors (Lipinski definition) is 2. The van der Waals surface area contributed by atoms with Crippen molar-refractivity contribution in [2.45, 2.75) is 0 Å². The first-order chi connectivity index (χ1) is 3.81. The van der Waals surface area contributed by atoms with Crippen molar-refractivity contribution < 1.29 is 0 Å². The third kappa shape index (κ3) is 3.99. The van der Waals surface area contributed by atoms with E-state index in [1.165, 1.54) is 0 Å². The SMILES string of the molecule is [B]CNC(=S)NC[B]. The van der Waals surface area contributed by atoms with Crippen molar-refractivity contribution >= 4 is 33.0 Å². The molecule has 0 unspecified atom stereocenters. The zero-order valence-corrected chi connectivity index (χ0v) is 5.29. The van der Waals surface area contributed by atoms with Crippen LogP contribution in [-0.4, -0.2) is 33.7 Å². The summed E-state index contributed by atoms with van der Waals surface area (Å²) >= 11 is 4.67. The number of nitrogens with one attached hydrogen (secondary N) is 2. The van der Waals surface area contributed by atoms with Crippen LogP contribution >= 0.6 is 12.2 Å². The van der Waals surface area contributed by atoms with Gasteiger partial charge in [-0.2, -0.15) is 0 Å². The zero-order valence-electron chi connectivity index (χ0n) is 4.48. The van der Waals surface area contributed by atoms with Crippen molar-refractivity contribution in [1.29, 1.82) is 0 Å². The molecule has 0 aliphatic heterocycles. The molecule has 0 bridgehead atoms. The lowest BCUT2D eigenvalue weighted by molar-refractivity contribution is 1.01. The van der Waals surface area contributed by atoms with E-state index in [4.69, 9.17) is 15.7 Å². The van der Waals surface area contributed by atoms with Crippen LogP contribution in [-0.2, 0) is 0 Å². The van der Waals surface area contributed by atoms with Crippen molar-refractivity contribution in [3.8, 4) is 0 Å². The fourth-order valence-corrected chi connectivity index (χ4v) is 0.415. The van der Waals surface area contributed by atoms with Crippen LogP contribution in [0.5, 0.6) is 0 Å². The Hall–Kier alpha value is -0.180. The van der Waals surface area contributed by atoms with Gasteiger partial charge in [0.25, 0.3) is 0 Å². The maximum absolute atomic E-state index is 5.08. The molecule has 0 heterocycles. The van der Waals surface area contributed by atoms with Crippen LogP contribution in [0.15, 0.2) is 0 Å². The Morgan fingerprint density at radius 1 is 1.25 bits per heavy atom. The van der Waals surface area contributed by atoms with Gasteiger partial charge in [0.15, 0.2) is 5.11 Å². The van der Waals surface area contributed by atoms with E-state index < -0.39 is 0 Å². The Kier molecular flexibility index (Phi) is 4.85. The normalized spacial score (nSPS) is 8.00. The van der Waals surface area contributed by atoms with Gasteiger partial charge in [-0.1, -0.05) is 0 Å². The maximum atomic E-state index is 5.08. The Balaban J connectivity index is 3.06. The molecule has 8 heavy (non-hydrogen) atoms. The highest BCUT2D eigenvalue weighted by Gasteiger charge is 1.84. The van der Waals surface area contributed by atoms with Gasteiger partial charge in [-0.05, 0) is 25.1 Å². The Morgan fingerprint density at radius 2 is 1.62 bits per heavy atom. The fourth-order valence-electron chi connectivity index (χ4n) is 0.248. The first-order valence-corrected chi connectivity index (χ1v) is 2.64. The predicted octanol–water partition coefficient (Wildman–Crippen LogP) is -1.30. The standard InChI is InChI=1S/C3H6B2N2S/c4-1-6-3(8)7-2-5/h1-2H2,(H2,6,7,8). The summed E-state index contributed by atoms with van der Waals surface area (Å²) in [7, 11) is 10.2. The van der Waals surface area contributed by atoms with Crippen molar-refractivity contribution in [2.75, 3.05) is 12.9 Å². The predicted molar refractivity (Wildman–Crippen MR) is 40.1 cm³/mol. The third-order valence-electron chi connectivity index (χ3n) is 0.525. The quantitative estimate of drug-likeness (QED) is 0.353. The van der Waals surface area contributed by atoms with E-state index in [0.717, 1.165) is 0 Å². The summed E-state index contributed by atoms with van der Waals surface area (Å²) in [6.07, 6.45) is 0.678. The molecule has 0 saturated heterocycles. The van der Waals surface area contributed by atoms with E-state index in [-0.39, 0.29) is 0 Å². The Morgan fingerprint density at radius 3 is 1.88 bits per heavy atom. The second-order valence-corrected chi connectivity index (χ2v) is 1.50. The summed E-state index contributed by atoms with van der Waals surface area (Å²) in [5, 5.41) is 5.82. The van der Waals surface area contributed by atoms with Gasteiger partial charge in [-0.3, -0.25) is 0 Å². The second kappa shape index (κ2) is 4.97. The molecule has 5 heteroatoms. The van der Waals surface area contributed by atoms with Gasteiger partial charge in [-0.15, -0.1) is 0 Å². The van der Waals surface area contributed by atoms with E-state index in [1.54, 1.807) is 0 Å². The summed E-state index contributed by atoms with van der Waals surface area (Å²) in [6.45, 7) is 0. The monoisotopic (exact) mass is 124 g/mol. The van der Waals surface area contributed by atoms with Crippen LogP contribution in [0.25, 0.3) is 0 Å². The minimum Gasteiger partial charge on any atom is -0.372 e. The van der Waals surface area contributed by atoms with Gasteiger partial charge >= 0.3 is 0 Å². The first-order valence-electron chi connectivity index (χ1n) is 2.23. The van der Waals surface area contributed by atoms with Crippen LogP contribution in [0.2, 0.25) is 0 Å². The van der Waals surface area contributed by atoms with Crippen LogP contribution in [0.1, 0.15) is 0 Å². The average molecular weight is 124 g/mol. The average Bonchev–Trinajstić information content (AvgIpc) is 1.68. The molecule has 0 aromatic rings. The Bertz CT molecular complexity index is 69.7. The first kappa shape index (κ1) is 7.82. The molecule has 2 N–H and O–H groups in total. The van der Waals surface area contributed by atoms with E-state index in [2.05, 4.69) is 22.9 Å². The van der Waals surface area contributed by atoms with Crippen LogP contribution in [0, 0.1) is 0 Å².